The van der Waals surface area contributed by atoms with Crippen molar-refractivity contribution in [2.45, 2.75) is 11.3 Å². The number of carbonyl (C=O) groups excluding carboxylic acids is 1. The van der Waals surface area contributed by atoms with E-state index in [0.29, 0.717) is 24.4 Å². The highest BCUT2D eigenvalue weighted by Gasteiger charge is 2.20. The number of carbonyl (C=O) groups is 1. The fourth-order valence-corrected chi connectivity index (χ4v) is 3.69. The van der Waals surface area contributed by atoms with E-state index in [4.69, 9.17) is 4.74 Å². The summed E-state index contributed by atoms with van der Waals surface area (Å²) in [7, 11) is -1.72. The Bertz CT molecular complexity index is 1220. The second-order valence-electron chi connectivity index (χ2n) is 7.11. The van der Waals surface area contributed by atoms with E-state index in [1.165, 1.54) is 52.3 Å². The van der Waals surface area contributed by atoms with Gasteiger partial charge < -0.3 is 14.2 Å². The summed E-state index contributed by atoms with van der Waals surface area (Å²) in [6.45, 7) is 0.617. The average Bonchev–Trinajstić information content (AvgIpc) is 3.30. The molecule has 0 aliphatic rings. The van der Waals surface area contributed by atoms with Crippen LogP contribution in [0.3, 0.4) is 0 Å². The third-order valence-electron chi connectivity index (χ3n) is 4.69. The first-order valence-corrected chi connectivity index (χ1v) is 11.5. The van der Waals surface area contributed by atoms with Gasteiger partial charge in [0.2, 0.25) is 0 Å². The van der Waals surface area contributed by atoms with Crippen LogP contribution >= 0.6 is 0 Å². The number of rotatable bonds is 9. The SMILES string of the molecule is CN(CCCOc1cccc(S(C)(=O)=O)c1)C(=O)c1ccc(-n2ccnc2)c([N+](=O)[O-])c1. The van der Waals surface area contributed by atoms with Crippen molar-refractivity contribution in [2.24, 2.45) is 0 Å². The molecule has 0 radical (unpaired) electrons. The Hall–Kier alpha value is -3.73. The number of sulfone groups is 1. The predicted molar refractivity (Wildman–Crippen MR) is 117 cm³/mol. The zero-order valence-electron chi connectivity index (χ0n) is 17.5. The monoisotopic (exact) mass is 458 g/mol. The highest BCUT2D eigenvalue weighted by molar-refractivity contribution is 7.90. The molecule has 0 atom stereocenters. The second-order valence-corrected chi connectivity index (χ2v) is 9.12. The van der Waals surface area contributed by atoms with Gasteiger partial charge in [-0.05, 0) is 36.8 Å². The van der Waals surface area contributed by atoms with Crippen LogP contribution in [0.4, 0.5) is 5.69 Å². The second kappa shape index (κ2) is 9.60. The number of aromatic nitrogens is 2. The first kappa shape index (κ1) is 22.9. The molecule has 0 saturated heterocycles. The van der Waals surface area contributed by atoms with Gasteiger partial charge in [0.05, 0.1) is 22.8 Å². The minimum atomic E-state index is -3.32. The van der Waals surface area contributed by atoms with Crippen LogP contribution in [-0.2, 0) is 9.84 Å². The number of ether oxygens (including phenoxy) is 1. The maximum atomic E-state index is 12.7. The number of imidazole rings is 1. The first-order chi connectivity index (χ1) is 15.2. The summed E-state index contributed by atoms with van der Waals surface area (Å²) >= 11 is 0. The van der Waals surface area contributed by atoms with E-state index >= 15 is 0 Å². The Morgan fingerprint density at radius 3 is 2.69 bits per heavy atom. The fraction of sp³-hybridized carbons (Fsp3) is 0.238. The topological polar surface area (TPSA) is 125 Å². The molecule has 32 heavy (non-hydrogen) atoms. The van der Waals surface area contributed by atoms with Gasteiger partial charge in [-0.15, -0.1) is 0 Å². The molecule has 3 rings (SSSR count). The molecule has 0 aliphatic carbocycles. The van der Waals surface area contributed by atoms with Crippen molar-refractivity contribution in [3.63, 3.8) is 0 Å². The Kier molecular flexibility index (Phi) is 6.89. The van der Waals surface area contributed by atoms with Gasteiger partial charge in [-0.2, -0.15) is 0 Å². The molecule has 0 bridgehead atoms. The van der Waals surface area contributed by atoms with Crippen molar-refractivity contribution < 1.29 is 22.9 Å². The van der Waals surface area contributed by atoms with Crippen LogP contribution in [-0.4, -0.2) is 60.2 Å². The summed E-state index contributed by atoms with van der Waals surface area (Å²) in [6.07, 6.45) is 6.15. The molecular formula is C21H22N4O6S. The summed E-state index contributed by atoms with van der Waals surface area (Å²) in [5, 5.41) is 11.5. The van der Waals surface area contributed by atoms with Crippen molar-refractivity contribution in [1.29, 1.82) is 0 Å². The molecule has 2 aromatic carbocycles. The van der Waals surface area contributed by atoms with Gasteiger partial charge in [0.15, 0.2) is 9.84 Å². The van der Waals surface area contributed by atoms with E-state index in [9.17, 15) is 23.3 Å². The number of hydrogen-bond acceptors (Lipinski definition) is 7. The molecule has 168 valence electrons. The van der Waals surface area contributed by atoms with E-state index in [0.717, 1.165) is 6.26 Å². The lowest BCUT2D eigenvalue weighted by Gasteiger charge is -2.18. The van der Waals surface area contributed by atoms with Crippen LogP contribution in [0.5, 0.6) is 5.75 Å². The largest absolute Gasteiger partial charge is 0.493 e. The number of nitro benzene ring substituents is 1. The van der Waals surface area contributed by atoms with Crippen LogP contribution in [0.25, 0.3) is 5.69 Å². The van der Waals surface area contributed by atoms with Gasteiger partial charge in [0.25, 0.3) is 11.6 Å². The van der Waals surface area contributed by atoms with Crippen molar-refractivity contribution in [3.05, 3.63) is 76.9 Å². The van der Waals surface area contributed by atoms with Crippen LogP contribution in [0, 0.1) is 10.1 Å². The normalized spacial score (nSPS) is 11.2. The zero-order chi connectivity index (χ0) is 23.3. The molecule has 0 saturated carbocycles. The molecule has 1 amide bonds. The third-order valence-corrected chi connectivity index (χ3v) is 5.80. The lowest BCUT2D eigenvalue weighted by molar-refractivity contribution is -0.384. The predicted octanol–water partition coefficient (Wildman–Crippen LogP) is 2.73. The van der Waals surface area contributed by atoms with Gasteiger partial charge in [-0.1, -0.05) is 6.07 Å². The van der Waals surface area contributed by atoms with Crippen LogP contribution in [0.15, 0.2) is 66.1 Å². The highest BCUT2D eigenvalue weighted by Crippen LogP contribution is 2.25. The zero-order valence-corrected chi connectivity index (χ0v) is 18.4. The Balaban J connectivity index is 1.60. The number of hydrogen-bond donors (Lipinski definition) is 0. The summed E-state index contributed by atoms with van der Waals surface area (Å²) in [5.41, 5.74) is 0.317. The Labute approximate surface area is 185 Å². The standard InChI is InChI=1S/C21H22N4O6S/c1-23(10-4-12-31-17-5-3-6-18(14-17)32(2,29)30)21(26)16-7-8-19(20(13-16)25(27)28)24-11-9-22-15-24/h3,5-9,11,13-15H,4,10,12H2,1-2H3. The molecule has 0 aliphatic heterocycles. The summed E-state index contributed by atoms with van der Waals surface area (Å²) in [5.74, 6) is 0.0666. The van der Waals surface area contributed by atoms with E-state index in [2.05, 4.69) is 4.98 Å². The van der Waals surface area contributed by atoms with Crippen molar-refractivity contribution in [3.8, 4) is 11.4 Å². The average molecular weight is 458 g/mol. The number of nitrogens with zero attached hydrogens (tertiary/aromatic N) is 4. The third kappa shape index (κ3) is 5.49. The van der Waals surface area contributed by atoms with Gasteiger partial charge in [0, 0.05) is 43.9 Å². The van der Waals surface area contributed by atoms with Crippen molar-refractivity contribution in [2.75, 3.05) is 26.5 Å². The minimum Gasteiger partial charge on any atom is -0.493 e. The lowest BCUT2D eigenvalue weighted by atomic mass is 10.1. The summed E-state index contributed by atoms with van der Waals surface area (Å²) in [6, 6.07) is 10.5. The lowest BCUT2D eigenvalue weighted by Crippen LogP contribution is -2.28. The molecule has 10 nitrogen and oxygen atoms in total. The van der Waals surface area contributed by atoms with E-state index in [1.807, 2.05) is 0 Å². The number of amides is 1. The maximum Gasteiger partial charge on any atom is 0.294 e. The van der Waals surface area contributed by atoms with Gasteiger partial charge in [0.1, 0.15) is 11.4 Å². The van der Waals surface area contributed by atoms with Crippen molar-refractivity contribution >= 4 is 21.4 Å². The highest BCUT2D eigenvalue weighted by atomic mass is 32.2. The van der Waals surface area contributed by atoms with Crippen molar-refractivity contribution in [1.82, 2.24) is 14.5 Å². The smallest absolute Gasteiger partial charge is 0.294 e. The Morgan fingerprint density at radius 2 is 2.03 bits per heavy atom. The molecule has 0 spiro atoms. The molecule has 0 unspecified atom stereocenters. The molecule has 0 fully saturated rings. The van der Waals surface area contributed by atoms with Gasteiger partial charge in [-0.25, -0.2) is 13.4 Å². The van der Waals surface area contributed by atoms with E-state index < -0.39 is 14.8 Å². The number of nitro groups is 1. The van der Waals surface area contributed by atoms with Gasteiger partial charge >= 0.3 is 0 Å². The van der Waals surface area contributed by atoms with E-state index in [-0.39, 0.29) is 28.7 Å². The van der Waals surface area contributed by atoms with E-state index in [1.54, 1.807) is 25.4 Å². The van der Waals surface area contributed by atoms with Gasteiger partial charge in [-0.3, -0.25) is 14.9 Å². The first-order valence-electron chi connectivity index (χ1n) is 9.62. The minimum absolute atomic E-state index is 0.169. The molecule has 11 heteroatoms. The molecule has 3 aromatic rings. The maximum absolute atomic E-state index is 12.7. The quantitative estimate of drug-likeness (QED) is 0.274. The van der Waals surface area contributed by atoms with Crippen LogP contribution in [0.2, 0.25) is 0 Å². The molecular weight excluding hydrogens is 436 g/mol. The Morgan fingerprint density at radius 1 is 1.25 bits per heavy atom. The molecule has 1 heterocycles. The summed E-state index contributed by atoms with van der Waals surface area (Å²) < 4.78 is 30.3. The van der Waals surface area contributed by atoms with Crippen LogP contribution < -0.4 is 4.74 Å². The number of benzene rings is 2. The molecule has 0 N–H and O–H groups in total. The van der Waals surface area contributed by atoms with Crippen LogP contribution in [0.1, 0.15) is 16.8 Å². The summed E-state index contributed by atoms with van der Waals surface area (Å²) in [4.78, 5) is 29.2. The molecule has 1 aromatic heterocycles. The fourth-order valence-electron chi connectivity index (χ4n) is 3.03.